The summed E-state index contributed by atoms with van der Waals surface area (Å²) in [4.78, 5) is 14.4. The van der Waals surface area contributed by atoms with E-state index < -0.39 is 10.0 Å². The van der Waals surface area contributed by atoms with Crippen LogP contribution in [-0.4, -0.2) is 50.0 Å². The molecule has 4 fully saturated rings. The number of nitrogens with zero attached hydrogens (tertiary/aromatic N) is 1. The van der Waals surface area contributed by atoms with Gasteiger partial charge in [0, 0.05) is 24.5 Å². The third-order valence-electron chi connectivity index (χ3n) is 4.42. The van der Waals surface area contributed by atoms with Crippen molar-refractivity contribution in [2.75, 3.05) is 12.8 Å². The van der Waals surface area contributed by atoms with Gasteiger partial charge in [0.2, 0.25) is 10.0 Å². The van der Waals surface area contributed by atoms with Crippen LogP contribution < -0.4 is 4.72 Å². The molecular weight excluding hydrogens is 240 g/mol. The zero-order valence-electron chi connectivity index (χ0n) is 9.93. The number of ketones is 1. The summed E-state index contributed by atoms with van der Waals surface area (Å²) in [6, 6.07) is 0.820. The number of rotatable bonds is 3. The smallest absolute Gasteiger partial charge is 0.208 e. The van der Waals surface area contributed by atoms with Crippen molar-refractivity contribution in [3.05, 3.63) is 0 Å². The van der Waals surface area contributed by atoms with Crippen LogP contribution in [-0.2, 0) is 14.8 Å². The average Bonchev–Trinajstić information content (AvgIpc) is 2.52. The first-order valence-electron chi connectivity index (χ1n) is 6.21. The Hall–Kier alpha value is -0.460. The number of hydrogen-bond donors (Lipinski definition) is 1. The molecule has 0 aromatic carbocycles. The third kappa shape index (κ3) is 1.92. The molecule has 17 heavy (non-hydrogen) atoms. The molecular formula is C11H18N2O3S. The number of sulfonamides is 1. The van der Waals surface area contributed by atoms with Crippen molar-refractivity contribution >= 4 is 15.8 Å². The molecule has 4 bridgehead atoms. The van der Waals surface area contributed by atoms with Crippen LogP contribution >= 0.6 is 0 Å². The SMILES string of the molecule is CS(=O)(=O)NCC1C(=O)C2CC3CCC(C2)N31. The Labute approximate surface area is 102 Å². The first-order chi connectivity index (χ1) is 7.96. The van der Waals surface area contributed by atoms with Gasteiger partial charge in [-0.25, -0.2) is 13.1 Å². The normalized spacial score (nSPS) is 44.3. The topological polar surface area (TPSA) is 66.5 Å². The number of hydrogen-bond acceptors (Lipinski definition) is 4. The number of Topliss-reactive ketones (excluding diaryl/α,β-unsaturated/α-hetero) is 1. The third-order valence-corrected chi connectivity index (χ3v) is 5.11. The molecule has 6 heteroatoms. The first-order valence-corrected chi connectivity index (χ1v) is 8.10. The van der Waals surface area contributed by atoms with E-state index in [1.807, 2.05) is 0 Å². The molecule has 3 unspecified atom stereocenters. The van der Waals surface area contributed by atoms with Crippen LogP contribution in [0.5, 0.6) is 0 Å². The molecule has 4 rings (SSSR count). The molecule has 4 aliphatic heterocycles. The van der Waals surface area contributed by atoms with Gasteiger partial charge in [0.25, 0.3) is 0 Å². The average molecular weight is 258 g/mol. The highest BCUT2D eigenvalue weighted by Gasteiger charge is 2.53. The molecule has 0 radical (unpaired) electrons. The second-order valence-corrected chi connectivity index (χ2v) is 7.37. The maximum atomic E-state index is 12.1. The van der Waals surface area contributed by atoms with E-state index >= 15 is 0 Å². The van der Waals surface area contributed by atoms with Crippen LogP contribution in [0.4, 0.5) is 0 Å². The van der Waals surface area contributed by atoms with Crippen LogP contribution in [0.2, 0.25) is 0 Å². The second kappa shape index (κ2) is 3.76. The zero-order valence-corrected chi connectivity index (χ0v) is 10.7. The maximum absolute atomic E-state index is 12.1. The standard InChI is InChI=1S/C11H18N2O3S/c1-17(15,16)12-6-10-11(14)7-4-8-2-3-9(5-7)13(8)10/h7-10,12H,2-6H2,1H3. The first kappa shape index (κ1) is 11.6. The van der Waals surface area contributed by atoms with Crippen LogP contribution in [0.15, 0.2) is 0 Å². The summed E-state index contributed by atoms with van der Waals surface area (Å²) in [7, 11) is -3.21. The van der Waals surface area contributed by atoms with Crippen LogP contribution in [0, 0.1) is 5.92 Å². The van der Waals surface area contributed by atoms with Gasteiger partial charge in [-0.05, 0) is 25.7 Å². The maximum Gasteiger partial charge on any atom is 0.208 e. The van der Waals surface area contributed by atoms with Crippen LogP contribution in [0.1, 0.15) is 25.7 Å². The Morgan fingerprint density at radius 2 is 1.88 bits per heavy atom. The van der Waals surface area contributed by atoms with Gasteiger partial charge in [-0.15, -0.1) is 0 Å². The van der Waals surface area contributed by atoms with E-state index in [1.165, 1.54) is 12.8 Å². The second-order valence-electron chi connectivity index (χ2n) is 5.54. The fraction of sp³-hybridized carbons (Fsp3) is 0.909. The van der Waals surface area contributed by atoms with Gasteiger partial charge in [0.15, 0.2) is 5.78 Å². The number of carbonyl (C=O) groups is 1. The van der Waals surface area contributed by atoms with Gasteiger partial charge in [-0.2, -0.15) is 0 Å². The predicted molar refractivity (Wildman–Crippen MR) is 63.0 cm³/mol. The molecule has 4 saturated heterocycles. The minimum Gasteiger partial charge on any atom is -0.298 e. The van der Waals surface area contributed by atoms with Crippen molar-refractivity contribution in [2.45, 2.75) is 43.8 Å². The highest BCUT2D eigenvalue weighted by Crippen LogP contribution is 2.45. The summed E-state index contributed by atoms with van der Waals surface area (Å²) in [6.45, 7) is 0.251. The highest BCUT2D eigenvalue weighted by molar-refractivity contribution is 7.88. The Kier molecular flexibility index (Phi) is 2.57. The predicted octanol–water partition coefficient (Wildman–Crippen LogP) is -0.270. The molecule has 0 aromatic heterocycles. The van der Waals surface area contributed by atoms with E-state index in [0.717, 1.165) is 19.1 Å². The van der Waals surface area contributed by atoms with E-state index in [2.05, 4.69) is 9.62 Å². The fourth-order valence-electron chi connectivity index (χ4n) is 3.81. The lowest BCUT2D eigenvalue weighted by atomic mass is 9.77. The van der Waals surface area contributed by atoms with Crippen molar-refractivity contribution in [2.24, 2.45) is 5.92 Å². The molecule has 0 aliphatic carbocycles. The molecule has 0 saturated carbocycles. The summed E-state index contributed by atoms with van der Waals surface area (Å²) in [5.41, 5.74) is 0. The molecule has 0 spiro atoms. The summed E-state index contributed by atoms with van der Waals surface area (Å²) in [5, 5.41) is 0. The quantitative estimate of drug-likeness (QED) is 0.757. The van der Waals surface area contributed by atoms with Crippen molar-refractivity contribution in [1.29, 1.82) is 0 Å². The lowest BCUT2D eigenvalue weighted by Crippen LogP contribution is -2.63. The van der Waals surface area contributed by atoms with E-state index in [0.29, 0.717) is 12.1 Å². The van der Waals surface area contributed by atoms with Crippen molar-refractivity contribution < 1.29 is 13.2 Å². The Morgan fingerprint density at radius 1 is 1.29 bits per heavy atom. The van der Waals surface area contributed by atoms with E-state index in [1.54, 1.807) is 0 Å². The van der Waals surface area contributed by atoms with E-state index in [-0.39, 0.29) is 24.3 Å². The van der Waals surface area contributed by atoms with Crippen molar-refractivity contribution in [3.8, 4) is 0 Å². The minimum absolute atomic E-state index is 0.184. The molecule has 0 amide bonds. The monoisotopic (exact) mass is 258 g/mol. The molecule has 3 atom stereocenters. The van der Waals surface area contributed by atoms with Crippen molar-refractivity contribution in [1.82, 2.24) is 9.62 Å². The van der Waals surface area contributed by atoms with Crippen LogP contribution in [0.25, 0.3) is 0 Å². The van der Waals surface area contributed by atoms with E-state index in [9.17, 15) is 13.2 Å². The number of carbonyl (C=O) groups excluding carboxylic acids is 1. The van der Waals surface area contributed by atoms with Gasteiger partial charge in [-0.3, -0.25) is 9.69 Å². The van der Waals surface area contributed by atoms with Gasteiger partial charge in [0.1, 0.15) is 0 Å². The molecule has 4 heterocycles. The van der Waals surface area contributed by atoms with Gasteiger partial charge < -0.3 is 0 Å². The summed E-state index contributed by atoms with van der Waals surface area (Å²) < 4.78 is 24.7. The summed E-state index contributed by atoms with van der Waals surface area (Å²) in [5.74, 6) is 0.430. The van der Waals surface area contributed by atoms with Crippen LogP contribution in [0.3, 0.4) is 0 Å². The Morgan fingerprint density at radius 3 is 2.41 bits per heavy atom. The summed E-state index contributed by atoms with van der Waals surface area (Å²) >= 11 is 0. The fourth-order valence-corrected chi connectivity index (χ4v) is 4.27. The molecule has 0 aromatic rings. The van der Waals surface area contributed by atoms with Crippen molar-refractivity contribution in [3.63, 3.8) is 0 Å². The van der Waals surface area contributed by atoms with Gasteiger partial charge >= 0.3 is 0 Å². The Bertz CT molecular complexity index is 434. The van der Waals surface area contributed by atoms with Gasteiger partial charge in [-0.1, -0.05) is 0 Å². The lowest BCUT2D eigenvalue weighted by molar-refractivity contribution is -0.141. The lowest BCUT2D eigenvalue weighted by Gasteiger charge is -2.49. The molecule has 4 aliphatic rings. The van der Waals surface area contributed by atoms with E-state index in [4.69, 9.17) is 0 Å². The zero-order chi connectivity index (χ0) is 12.2. The molecule has 96 valence electrons. The number of piperidine rings is 3. The number of nitrogens with one attached hydrogen (secondary N) is 1. The molecule has 1 N–H and O–H groups in total. The summed E-state index contributed by atoms with van der Waals surface area (Å²) in [6.07, 6.45) is 5.46. The highest BCUT2D eigenvalue weighted by atomic mass is 32.2. The minimum atomic E-state index is -3.21. The van der Waals surface area contributed by atoms with Gasteiger partial charge in [0.05, 0.1) is 12.3 Å². The molecule has 5 nitrogen and oxygen atoms in total. The Balaban J connectivity index is 1.78. The number of fused-ring (bicyclic) bond motifs is 1. The largest absolute Gasteiger partial charge is 0.298 e.